The smallest absolute Gasteiger partial charge is 0.237 e. The predicted octanol–water partition coefficient (Wildman–Crippen LogP) is 2.16. The molecule has 2 N–H and O–H groups in total. The molecule has 0 atom stereocenters. The predicted molar refractivity (Wildman–Crippen MR) is 85.4 cm³/mol. The van der Waals surface area contributed by atoms with Crippen LogP contribution in [0.5, 0.6) is 0 Å². The van der Waals surface area contributed by atoms with Gasteiger partial charge in [0.15, 0.2) is 10.9 Å². The largest absolute Gasteiger partial charge is 0.440 e. The van der Waals surface area contributed by atoms with Gasteiger partial charge in [0.05, 0.1) is 11.9 Å². The second-order valence-corrected chi connectivity index (χ2v) is 5.94. The number of aromatic nitrogens is 4. The van der Waals surface area contributed by atoms with Crippen LogP contribution in [-0.2, 0) is 17.1 Å². The van der Waals surface area contributed by atoms with Crippen molar-refractivity contribution in [2.45, 2.75) is 24.4 Å². The molecule has 7 nitrogen and oxygen atoms in total. The molecule has 3 rings (SSSR count). The van der Waals surface area contributed by atoms with E-state index in [2.05, 4.69) is 15.2 Å². The van der Waals surface area contributed by atoms with Crippen LogP contribution in [0.4, 0.5) is 4.39 Å². The van der Waals surface area contributed by atoms with Gasteiger partial charge in [-0.25, -0.2) is 9.37 Å². The number of halogens is 1. The Labute approximate surface area is 141 Å². The van der Waals surface area contributed by atoms with Gasteiger partial charge in [-0.1, -0.05) is 23.9 Å². The number of oxazole rings is 1. The summed E-state index contributed by atoms with van der Waals surface area (Å²) in [5.74, 6) is 1.14. The van der Waals surface area contributed by atoms with Crippen LogP contribution in [0.15, 0.2) is 40.0 Å². The van der Waals surface area contributed by atoms with Crippen LogP contribution in [0.3, 0.4) is 0 Å². The third-order valence-corrected chi connectivity index (χ3v) is 4.15. The van der Waals surface area contributed by atoms with Gasteiger partial charge < -0.3 is 10.2 Å². The topological polar surface area (TPSA) is 99.8 Å². The fourth-order valence-electron chi connectivity index (χ4n) is 2.08. The van der Waals surface area contributed by atoms with Crippen LogP contribution in [0.1, 0.15) is 11.7 Å². The van der Waals surface area contributed by atoms with Crippen molar-refractivity contribution >= 4 is 17.7 Å². The SMILES string of the molecule is Cc1nnc(SCc2ncc(-c3cccc(F)c3)o2)n1CC(N)=O. The Bertz CT molecular complexity index is 876. The molecule has 9 heteroatoms. The van der Waals surface area contributed by atoms with Crippen molar-refractivity contribution in [1.29, 1.82) is 0 Å². The number of hydrogen-bond donors (Lipinski definition) is 1. The zero-order chi connectivity index (χ0) is 17.1. The first kappa shape index (κ1) is 16.2. The number of hydrogen-bond acceptors (Lipinski definition) is 6. The van der Waals surface area contributed by atoms with E-state index in [4.69, 9.17) is 10.2 Å². The summed E-state index contributed by atoms with van der Waals surface area (Å²) in [5.41, 5.74) is 5.84. The highest BCUT2D eigenvalue weighted by molar-refractivity contribution is 7.98. The third-order valence-electron chi connectivity index (χ3n) is 3.20. The lowest BCUT2D eigenvalue weighted by Gasteiger charge is -2.04. The van der Waals surface area contributed by atoms with E-state index in [-0.39, 0.29) is 12.4 Å². The molecule has 24 heavy (non-hydrogen) atoms. The first-order chi connectivity index (χ1) is 11.5. The lowest BCUT2D eigenvalue weighted by molar-refractivity contribution is -0.118. The van der Waals surface area contributed by atoms with E-state index < -0.39 is 5.91 Å². The number of primary amides is 1. The minimum atomic E-state index is -0.468. The maximum Gasteiger partial charge on any atom is 0.237 e. The van der Waals surface area contributed by atoms with Gasteiger partial charge in [0, 0.05) is 5.56 Å². The van der Waals surface area contributed by atoms with Gasteiger partial charge in [0.2, 0.25) is 11.8 Å². The minimum absolute atomic E-state index is 0.0152. The van der Waals surface area contributed by atoms with Gasteiger partial charge in [-0.05, 0) is 19.1 Å². The Morgan fingerprint density at radius 2 is 2.25 bits per heavy atom. The Kier molecular flexibility index (Phi) is 4.61. The maximum absolute atomic E-state index is 13.3. The molecule has 0 bridgehead atoms. The molecular formula is C15H14FN5O2S. The van der Waals surface area contributed by atoms with Gasteiger partial charge in [0.1, 0.15) is 18.2 Å². The van der Waals surface area contributed by atoms with Gasteiger partial charge in [0.25, 0.3) is 0 Å². The third kappa shape index (κ3) is 3.62. The van der Waals surface area contributed by atoms with E-state index in [1.54, 1.807) is 29.8 Å². The average Bonchev–Trinajstić information content (AvgIpc) is 3.13. The van der Waals surface area contributed by atoms with Gasteiger partial charge >= 0.3 is 0 Å². The summed E-state index contributed by atoms with van der Waals surface area (Å²) < 4.78 is 20.5. The summed E-state index contributed by atoms with van der Waals surface area (Å²) >= 11 is 1.33. The Balaban J connectivity index is 1.71. The number of nitrogens with zero attached hydrogens (tertiary/aromatic N) is 4. The molecule has 2 heterocycles. The van der Waals surface area contributed by atoms with Crippen LogP contribution in [-0.4, -0.2) is 25.7 Å². The number of nitrogens with two attached hydrogens (primary N) is 1. The number of aryl methyl sites for hydroxylation is 1. The molecular weight excluding hydrogens is 333 g/mol. The standard InChI is InChI=1S/C15H14FN5O2S/c1-9-19-20-15(21(9)7-13(17)22)24-8-14-18-6-12(23-14)10-3-2-4-11(16)5-10/h2-6H,7-8H2,1H3,(H2,17,22). The van der Waals surface area contributed by atoms with Crippen LogP contribution in [0, 0.1) is 12.7 Å². The van der Waals surface area contributed by atoms with Gasteiger partial charge in [-0.15, -0.1) is 10.2 Å². The molecule has 2 aromatic heterocycles. The van der Waals surface area contributed by atoms with Crippen molar-refractivity contribution < 1.29 is 13.6 Å². The van der Waals surface area contributed by atoms with Gasteiger partial charge in [-0.3, -0.25) is 9.36 Å². The van der Waals surface area contributed by atoms with Crippen molar-refractivity contribution in [2.75, 3.05) is 0 Å². The zero-order valence-corrected chi connectivity index (χ0v) is 13.6. The summed E-state index contributed by atoms with van der Waals surface area (Å²) in [6.07, 6.45) is 1.55. The van der Waals surface area contributed by atoms with Crippen molar-refractivity contribution in [1.82, 2.24) is 19.7 Å². The lowest BCUT2D eigenvalue weighted by Crippen LogP contribution is -2.20. The number of amides is 1. The number of carbonyl (C=O) groups excluding carboxylic acids is 1. The summed E-state index contributed by atoms with van der Waals surface area (Å²) in [6, 6.07) is 6.10. The Morgan fingerprint density at radius 1 is 1.42 bits per heavy atom. The van der Waals surface area contributed by atoms with Crippen molar-refractivity contribution in [3.8, 4) is 11.3 Å². The number of thioether (sulfide) groups is 1. The van der Waals surface area contributed by atoms with Crippen molar-refractivity contribution in [2.24, 2.45) is 5.73 Å². The van der Waals surface area contributed by atoms with E-state index in [1.165, 1.54) is 23.9 Å². The maximum atomic E-state index is 13.3. The molecule has 1 aromatic carbocycles. The number of carbonyl (C=O) groups is 1. The summed E-state index contributed by atoms with van der Waals surface area (Å²) in [7, 11) is 0. The van der Waals surface area contributed by atoms with E-state index in [0.717, 1.165) is 0 Å². The summed E-state index contributed by atoms with van der Waals surface area (Å²) in [4.78, 5) is 15.3. The van der Waals surface area contributed by atoms with Crippen molar-refractivity contribution in [3.05, 3.63) is 48.0 Å². The van der Waals surface area contributed by atoms with E-state index >= 15 is 0 Å². The molecule has 0 radical (unpaired) electrons. The second-order valence-electron chi connectivity index (χ2n) is 5.00. The van der Waals surface area contributed by atoms with Gasteiger partial charge in [-0.2, -0.15) is 0 Å². The van der Waals surface area contributed by atoms with E-state index in [0.29, 0.717) is 33.9 Å². The average molecular weight is 347 g/mol. The van der Waals surface area contributed by atoms with Crippen LogP contribution < -0.4 is 5.73 Å². The molecule has 0 aliphatic carbocycles. The Hall–Kier alpha value is -2.68. The van der Waals surface area contributed by atoms with Crippen LogP contribution in [0.2, 0.25) is 0 Å². The highest BCUT2D eigenvalue weighted by Gasteiger charge is 2.14. The highest BCUT2D eigenvalue weighted by Crippen LogP contribution is 2.25. The monoisotopic (exact) mass is 347 g/mol. The molecule has 0 aliphatic rings. The molecule has 1 amide bonds. The minimum Gasteiger partial charge on any atom is -0.440 e. The summed E-state index contributed by atoms with van der Waals surface area (Å²) in [5, 5.41) is 8.50. The Morgan fingerprint density at radius 3 is 3.00 bits per heavy atom. The van der Waals surface area contributed by atoms with Crippen molar-refractivity contribution in [3.63, 3.8) is 0 Å². The molecule has 0 saturated heterocycles. The number of benzene rings is 1. The molecule has 0 fully saturated rings. The van der Waals surface area contributed by atoms with Crippen LogP contribution >= 0.6 is 11.8 Å². The first-order valence-corrected chi connectivity index (χ1v) is 8.03. The highest BCUT2D eigenvalue weighted by atomic mass is 32.2. The fraction of sp³-hybridized carbons (Fsp3) is 0.200. The molecule has 0 saturated carbocycles. The van der Waals surface area contributed by atoms with Crippen LogP contribution in [0.25, 0.3) is 11.3 Å². The molecule has 0 aliphatic heterocycles. The fourth-order valence-corrected chi connectivity index (χ4v) is 2.92. The zero-order valence-electron chi connectivity index (χ0n) is 12.8. The van der Waals surface area contributed by atoms with E-state index in [9.17, 15) is 9.18 Å². The molecule has 124 valence electrons. The quantitative estimate of drug-likeness (QED) is 0.686. The molecule has 0 unspecified atom stereocenters. The van der Waals surface area contributed by atoms with E-state index in [1.807, 2.05) is 0 Å². The summed E-state index contributed by atoms with van der Waals surface area (Å²) in [6.45, 7) is 1.76. The normalized spacial score (nSPS) is 10.9. The second kappa shape index (κ2) is 6.83. The first-order valence-electron chi connectivity index (χ1n) is 7.04. The molecule has 3 aromatic rings. The molecule has 0 spiro atoms. The number of rotatable bonds is 6. The lowest BCUT2D eigenvalue weighted by atomic mass is 10.2.